The summed E-state index contributed by atoms with van der Waals surface area (Å²) in [6.07, 6.45) is 8.46. The molecule has 3 aromatic rings. The number of amides is 3. The first kappa shape index (κ1) is 18.7. The Bertz CT molecular complexity index is 967. The Hall–Kier alpha value is -3.68. The Kier molecular flexibility index (Phi) is 5.51. The molecule has 1 aliphatic heterocycles. The van der Waals surface area contributed by atoms with E-state index < -0.39 is 0 Å². The molecule has 0 bridgehead atoms. The quantitative estimate of drug-likeness (QED) is 0.676. The molecule has 0 atom stereocenters. The number of hydrogen-bond donors (Lipinski definition) is 2. The lowest BCUT2D eigenvalue weighted by molar-refractivity contribution is -0.117. The number of carbonyl (C=O) groups is 2. The minimum absolute atomic E-state index is 0.169. The van der Waals surface area contributed by atoms with Crippen LogP contribution in [0.3, 0.4) is 0 Å². The van der Waals surface area contributed by atoms with E-state index in [9.17, 15) is 9.59 Å². The van der Waals surface area contributed by atoms with E-state index in [-0.39, 0.29) is 11.9 Å². The fourth-order valence-electron chi connectivity index (χ4n) is 3.21. The fourth-order valence-corrected chi connectivity index (χ4v) is 3.21. The third kappa shape index (κ3) is 4.60. The van der Waals surface area contributed by atoms with Crippen LogP contribution in [-0.4, -0.2) is 33.0 Å². The Morgan fingerprint density at radius 1 is 1.03 bits per heavy atom. The highest BCUT2D eigenvalue weighted by Gasteiger charge is 2.21. The van der Waals surface area contributed by atoms with Gasteiger partial charge < -0.3 is 15.5 Å². The molecular weight excluding hydrogens is 368 g/mol. The van der Waals surface area contributed by atoms with Crippen molar-refractivity contribution < 1.29 is 9.59 Å². The monoisotopic (exact) mass is 390 g/mol. The largest absolute Gasteiger partial charge is 0.334 e. The number of pyridine rings is 1. The summed E-state index contributed by atoms with van der Waals surface area (Å²) >= 11 is 0. The molecule has 8 nitrogen and oxygen atoms in total. The summed E-state index contributed by atoms with van der Waals surface area (Å²) in [5.74, 6) is 0.942. The summed E-state index contributed by atoms with van der Waals surface area (Å²) in [4.78, 5) is 34.0. The van der Waals surface area contributed by atoms with E-state index in [1.54, 1.807) is 23.6 Å². The first-order chi connectivity index (χ1) is 14.2. The lowest BCUT2D eigenvalue weighted by Gasteiger charge is -2.16. The zero-order valence-corrected chi connectivity index (χ0v) is 15.9. The van der Waals surface area contributed by atoms with Crippen LogP contribution in [0.15, 0.2) is 61.3 Å². The van der Waals surface area contributed by atoms with Crippen molar-refractivity contribution in [1.29, 1.82) is 0 Å². The van der Waals surface area contributed by atoms with Crippen LogP contribution in [0.25, 0.3) is 5.82 Å². The summed E-state index contributed by atoms with van der Waals surface area (Å²) < 4.78 is 1.81. The predicted molar refractivity (Wildman–Crippen MR) is 108 cm³/mol. The summed E-state index contributed by atoms with van der Waals surface area (Å²) in [5, 5.41) is 5.66. The molecule has 1 saturated heterocycles. The van der Waals surface area contributed by atoms with E-state index in [2.05, 4.69) is 20.6 Å². The summed E-state index contributed by atoms with van der Waals surface area (Å²) in [6.45, 7) is 1.58. The lowest BCUT2D eigenvalue weighted by atomic mass is 10.2. The number of rotatable bonds is 6. The third-order valence-corrected chi connectivity index (χ3v) is 4.81. The zero-order chi connectivity index (χ0) is 20.1. The molecule has 29 heavy (non-hydrogen) atoms. The minimum Gasteiger partial charge on any atom is -0.334 e. The molecule has 148 valence electrons. The van der Waals surface area contributed by atoms with E-state index in [0.29, 0.717) is 19.5 Å². The Labute approximate surface area is 168 Å². The van der Waals surface area contributed by atoms with Crippen molar-refractivity contribution in [2.75, 3.05) is 11.4 Å². The highest BCUT2D eigenvalue weighted by molar-refractivity contribution is 5.95. The zero-order valence-electron chi connectivity index (χ0n) is 15.9. The number of imidazole rings is 1. The maximum atomic E-state index is 12.1. The molecule has 1 fully saturated rings. The van der Waals surface area contributed by atoms with Gasteiger partial charge in [-0.15, -0.1) is 0 Å². The van der Waals surface area contributed by atoms with Gasteiger partial charge in [0.2, 0.25) is 5.91 Å². The molecule has 2 aromatic heterocycles. The van der Waals surface area contributed by atoms with Crippen molar-refractivity contribution in [1.82, 2.24) is 25.2 Å². The average molecular weight is 390 g/mol. The van der Waals surface area contributed by atoms with Gasteiger partial charge in [0, 0.05) is 50.3 Å². The van der Waals surface area contributed by atoms with Crippen LogP contribution in [0.4, 0.5) is 10.5 Å². The van der Waals surface area contributed by atoms with E-state index in [0.717, 1.165) is 35.6 Å². The van der Waals surface area contributed by atoms with Crippen LogP contribution in [-0.2, 0) is 17.9 Å². The summed E-state index contributed by atoms with van der Waals surface area (Å²) in [7, 11) is 0. The van der Waals surface area contributed by atoms with Gasteiger partial charge in [0.05, 0.1) is 0 Å². The van der Waals surface area contributed by atoms with Gasteiger partial charge in [-0.1, -0.05) is 18.2 Å². The van der Waals surface area contributed by atoms with Gasteiger partial charge in [0.1, 0.15) is 12.1 Å². The second-order valence-electron chi connectivity index (χ2n) is 6.85. The van der Waals surface area contributed by atoms with Gasteiger partial charge in [-0.2, -0.15) is 0 Å². The van der Waals surface area contributed by atoms with Gasteiger partial charge in [-0.25, -0.2) is 14.8 Å². The molecule has 0 radical (unpaired) electrons. The van der Waals surface area contributed by atoms with Gasteiger partial charge in [-0.3, -0.25) is 9.36 Å². The highest BCUT2D eigenvalue weighted by Crippen LogP contribution is 2.21. The standard InChI is InChI=1S/C21H22N6O2/c28-20-2-1-10-27(20)18-6-3-16(4-7-18)12-24-21(29)25-14-17-5-8-19(23-13-17)26-11-9-22-15-26/h3-9,11,13,15H,1-2,10,12,14H2,(H2,24,25,29). The highest BCUT2D eigenvalue weighted by atomic mass is 16.2. The van der Waals surface area contributed by atoms with E-state index >= 15 is 0 Å². The molecule has 8 heteroatoms. The molecular formula is C21H22N6O2. The number of aromatic nitrogens is 3. The minimum atomic E-state index is -0.248. The van der Waals surface area contributed by atoms with Crippen molar-refractivity contribution in [2.45, 2.75) is 25.9 Å². The second-order valence-corrected chi connectivity index (χ2v) is 6.85. The lowest BCUT2D eigenvalue weighted by Crippen LogP contribution is -2.34. The van der Waals surface area contributed by atoms with Crippen molar-refractivity contribution in [2.24, 2.45) is 0 Å². The van der Waals surface area contributed by atoms with Gasteiger partial charge >= 0.3 is 6.03 Å². The molecule has 0 saturated carbocycles. The molecule has 0 aliphatic carbocycles. The number of nitrogens with zero attached hydrogens (tertiary/aromatic N) is 4. The number of urea groups is 1. The Balaban J connectivity index is 1.23. The van der Waals surface area contributed by atoms with Crippen LogP contribution in [0, 0.1) is 0 Å². The molecule has 0 spiro atoms. The molecule has 1 aromatic carbocycles. The van der Waals surface area contributed by atoms with E-state index in [1.165, 1.54) is 0 Å². The van der Waals surface area contributed by atoms with Crippen molar-refractivity contribution in [3.63, 3.8) is 0 Å². The first-order valence-corrected chi connectivity index (χ1v) is 9.53. The number of hydrogen-bond acceptors (Lipinski definition) is 4. The van der Waals surface area contributed by atoms with Crippen LogP contribution in [0.5, 0.6) is 0 Å². The molecule has 4 rings (SSSR count). The van der Waals surface area contributed by atoms with Crippen LogP contribution in [0.1, 0.15) is 24.0 Å². The SMILES string of the molecule is O=C(NCc1ccc(N2CCCC2=O)cc1)NCc1ccc(-n2ccnc2)nc1. The molecule has 3 heterocycles. The van der Waals surface area contributed by atoms with Crippen LogP contribution < -0.4 is 15.5 Å². The van der Waals surface area contributed by atoms with Crippen LogP contribution in [0.2, 0.25) is 0 Å². The number of carbonyl (C=O) groups excluding carboxylic acids is 2. The Morgan fingerprint density at radius 2 is 1.79 bits per heavy atom. The van der Waals surface area contributed by atoms with E-state index in [1.807, 2.05) is 47.2 Å². The summed E-state index contributed by atoms with van der Waals surface area (Å²) in [6, 6.07) is 11.3. The van der Waals surface area contributed by atoms with Crippen molar-refractivity contribution in [3.05, 3.63) is 72.4 Å². The Morgan fingerprint density at radius 3 is 2.41 bits per heavy atom. The van der Waals surface area contributed by atoms with Gasteiger partial charge in [0.15, 0.2) is 0 Å². The van der Waals surface area contributed by atoms with Crippen LogP contribution >= 0.6 is 0 Å². The van der Waals surface area contributed by atoms with Gasteiger partial charge in [0.25, 0.3) is 0 Å². The normalized spacial score (nSPS) is 13.5. The maximum Gasteiger partial charge on any atom is 0.315 e. The van der Waals surface area contributed by atoms with E-state index in [4.69, 9.17) is 0 Å². The third-order valence-electron chi connectivity index (χ3n) is 4.81. The first-order valence-electron chi connectivity index (χ1n) is 9.53. The van der Waals surface area contributed by atoms with Crippen molar-refractivity contribution in [3.8, 4) is 5.82 Å². The second kappa shape index (κ2) is 8.55. The molecule has 3 amide bonds. The molecule has 0 unspecified atom stereocenters. The number of benzene rings is 1. The average Bonchev–Trinajstić information content (AvgIpc) is 3.43. The molecule has 2 N–H and O–H groups in total. The number of nitrogens with one attached hydrogen (secondary N) is 2. The fraction of sp³-hybridized carbons (Fsp3) is 0.238. The predicted octanol–water partition coefficient (Wildman–Crippen LogP) is 2.39. The number of anilines is 1. The summed E-state index contributed by atoms with van der Waals surface area (Å²) in [5.41, 5.74) is 2.79. The topological polar surface area (TPSA) is 92.2 Å². The van der Waals surface area contributed by atoms with Gasteiger partial charge in [-0.05, 0) is 35.7 Å². The smallest absolute Gasteiger partial charge is 0.315 e. The molecule has 1 aliphatic rings. The maximum absolute atomic E-state index is 12.1. The van der Waals surface area contributed by atoms with Crippen molar-refractivity contribution >= 4 is 17.6 Å².